The van der Waals surface area contributed by atoms with E-state index in [2.05, 4.69) is 60.4 Å². The topological polar surface area (TPSA) is 138 Å². The van der Waals surface area contributed by atoms with Crippen molar-refractivity contribution in [2.24, 2.45) is 0 Å². The highest BCUT2D eigenvalue weighted by Gasteiger charge is 2.63. The molecular formula is C29H41N3O9Si2. The molecule has 1 aromatic heterocycles. The van der Waals surface area contributed by atoms with Crippen molar-refractivity contribution in [3.8, 4) is 0 Å². The molecule has 3 aliphatic heterocycles. The van der Waals surface area contributed by atoms with E-state index < -0.39 is 64.7 Å². The molecule has 12 nitrogen and oxygen atoms in total. The lowest BCUT2D eigenvalue weighted by Gasteiger charge is -2.51. The molecule has 0 aliphatic carbocycles. The van der Waals surface area contributed by atoms with Gasteiger partial charge in [-0.3, -0.25) is 28.8 Å². The second kappa shape index (κ2) is 11.6. The van der Waals surface area contributed by atoms with Crippen LogP contribution in [0.15, 0.2) is 46.1 Å². The average molecular weight is 632 g/mol. The Hall–Kier alpha value is -2.73. The maximum Gasteiger partial charge on any atom is 0.335 e. The lowest BCUT2D eigenvalue weighted by atomic mass is 10.1. The third kappa shape index (κ3) is 5.22. The number of H-pyrrole nitrogens is 1. The highest BCUT2D eigenvalue weighted by atomic mass is 28.5. The summed E-state index contributed by atoms with van der Waals surface area (Å²) in [6, 6.07) is 7.65. The fraction of sp³-hybridized carbons (Fsp3) is 0.586. The predicted octanol–water partition coefficient (Wildman–Crippen LogP) is 3.99. The van der Waals surface area contributed by atoms with Gasteiger partial charge in [-0.1, -0.05) is 67.5 Å². The third-order valence-electron chi connectivity index (χ3n) is 8.73. The van der Waals surface area contributed by atoms with Crippen molar-refractivity contribution in [1.29, 1.82) is 0 Å². The van der Waals surface area contributed by atoms with Gasteiger partial charge in [0.25, 0.3) is 17.4 Å². The lowest BCUT2D eigenvalue weighted by Crippen LogP contribution is -2.66. The molecule has 4 atom stereocenters. The van der Waals surface area contributed by atoms with E-state index in [0.717, 1.165) is 0 Å². The van der Waals surface area contributed by atoms with Crippen LogP contribution in [0.4, 0.5) is 0 Å². The first-order valence-electron chi connectivity index (χ1n) is 14.9. The third-order valence-corrected chi connectivity index (χ3v) is 19.0. The van der Waals surface area contributed by atoms with Gasteiger partial charge in [0.2, 0.25) is 0 Å². The summed E-state index contributed by atoms with van der Waals surface area (Å²) in [5, 5.41) is 0.712. The fourth-order valence-corrected chi connectivity index (χ4v) is 17.7. The van der Waals surface area contributed by atoms with Crippen LogP contribution in [0.2, 0.25) is 22.2 Å². The van der Waals surface area contributed by atoms with Crippen LogP contribution in [-0.2, 0) is 22.5 Å². The normalized spacial score (nSPS) is 26.7. The SMILES string of the molecule is CC(C)[Si]1(C(C)C)OC[C@H]2O[C@@H](n3ccc(=O)[nH]c3=O)[C@H](ON3C(=O)c4ccccc4C3=O)[C@@H]2O[Si](C(C)C)(C(C)C)O1. The highest BCUT2D eigenvalue weighted by Crippen LogP contribution is 2.49. The van der Waals surface area contributed by atoms with Crippen molar-refractivity contribution in [3.63, 3.8) is 0 Å². The van der Waals surface area contributed by atoms with E-state index in [4.69, 9.17) is 22.5 Å². The van der Waals surface area contributed by atoms with E-state index in [0.29, 0.717) is 5.06 Å². The zero-order valence-electron chi connectivity index (χ0n) is 25.9. The van der Waals surface area contributed by atoms with Crippen LogP contribution >= 0.6 is 0 Å². The highest BCUT2D eigenvalue weighted by molar-refractivity contribution is 6.84. The fourth-order valence-electron chi connectivity index (χ4n) is 6.47. The summed E-state index contributed by atoms with van der Waals surface area (Å²) in [5.74, 6) is -1.26. The van der Waals surface area contributed by atoms with E-state index in [9.17, 15) is 19.2 Å². The Bertz CT molecular complexity index is 1450. The number of aromatic amines is 1. The van der Waals surface area contributed by atoms with Crippen molar-refractivity contribution >= 4 is 28.9 Å². The Morgan fingerprint density at radius 1 is 0.837 bits per heavy atom. The first-order valence-corrected chi connectivity index (χ1v) is 18.8. The molecule has 2 amide bonds. The number of rotatable bonds is 7. The number of hydrogen-bond donors (Lipinski definition) is 1. The van der Waals surface area contributed by atoms with Crippen LogP contribution in [0, 0.1) is 0 Å². The van der Waals surface area contributed by atoms with Gasteiger partial charge in [-0.15, -0.1) is 5.06 Å². The number of imide groups is 1. The van der Waals surface area contributed by atoms with Crippen LogP contribution in [0.25, 0.3) is 0 Å². The zero-order valence-corrected chi connectivity index (χ0v) is 27.9. The van der Waals surface area contributed by atoms with E-state index in [1.807, 2.05) is 0 Å². The van der Waals surface area contributed by atoms with Crippen molar-refractivity contribution in [1.82, 2.24) is 14.6 Å². The minimum absolute atomic E-state index is 0.0194. The maximum atomic E-state index is 13.4. The molecule has 1 aromatic carbocycles. The molecule has 2 saturated heterocycles. The van der Waals surface area contributed by atoms with Crippen LogP contribution in [0.1, 0.15) is 82.3 Å². The van der Waals surface area contributed by atoms with Gasteiger partial charge in [0.1, 0.15) is 12.2 Å². The maximum absolute atomic E-state index is 13.4. The quantitative estimate of drug-likeness (QED) is 0.355. The molecule has 5 rings (SSSR count). The van der Waals surface area contributed by atoms with Crippen molar-refractivity contribution < 1.29 is 32.1 Å². The molecule has 0 radical (unpaired) electrons. The average Bonchev–Trinajstić information content (AvgIpc) is 3.37. The minimum Gasteiger partial charge on any atom is -0.414 e. The van der Waals surface area contributed by atoms with Gasteiger partial charge in [0, 0.05) is 12.3 Å². The van der Waals surface area contributed by atoms with Gasteiger partial charge >= 0.3 is 22.8 Å². The number of aromatic nitrogens is 2. The van der Waals surface area contributed by atoms with E-state index in [1.54, 1.807) is 24.3 Å². The van der Waals surface area contributed by atoms with Gasteiger partial charge in [0.05, 0.1) is 17.7 Å². The molecule has 2 aromatic rings. The summed E-state index contributed by atoms with van der Waals surface area (Å²) >= 11 is 0. The van der Waals surface area contributed by atoms with Crippen LogP contribution in [0.3, 0.4) is 0 Å². The number of amides is 2. The number of carbonyl (C=O) groups excluding carboxylic acids is 2. The molecule has 2 fully saturated rings. The number of fused-ring (bicyclic) bond motifs is 2. The molecular weight excluding hydrogens is 591 g/mol. The summed E-state index contributed by atoms with van der Waals surface area (Å²) in [5.41, 5.74) is -0.727. The van der Waals surface area contributed by atoms with Gasteiger partial charge in [-0.2, -0.15) is 0 Å². The van der Waals surface area contributed by atoms with Crippen molar-refractivity contribution in [3.05, 3.63) is 68.5 Å². The summed E-state index contributed by atoms with van der Waals surface area (Å²) in [7, 11) is -6.07. The number of carbonyl (C=O) groups is 2. The Morgan fingerprint density at radius 3 is 1.91 bits per heavy atom. The smallest absolute Gasteiger partial charge is 0.335 e. The number of benzene rings is 1. The number of nitrogens with one attached hydrogen (secondary N) is 1. The summed E-state index contributed by atoms with van der Waals surface area (Å²) in [6.45, 7) is 16.8. The zero-order chi connectivity index (χ0) is 31.4. The lowest BCUT2D eigenvalue weighted by molar-refractivity contribution is -0.178. The molecule has 0 unspecified atom stereocenters. The van der Waals surface area contributed by atoms with Gasteiger partial charge in [-0.05, 0) is 34.3 Å². The predicted molar refractivity (Wildman–Crippen MR) is 161 cm³/mol. The van der Waals surface area contributed by atoms with E-state index >= 15 is 0 Å². The van der Waals surface area contributed by atoms with E-state index in [1.165, 1.54) is 16.8 Å². The molecule has 0 bridgehead atoms. The molecule has 234 valence electrons. The van der Waals surface area contributed by atoms with Crippen molar-refractivity contribution in [2.75, 3.05) is 6.61 Å². The molecule has 1 N–H and O–H groups in total. The Kier molecular flexibility index (Phi) is 8.59. The number of nitrogens with zero attached hydrogens (tertiary/aromatic N) is 2. The summed E-state index contributed by atoms with van der Waals surface area (Å²) in [4.78, 5) is 60.2. The molecule has 14 heteroatoms. The Morgan fingerprint density at radius 2 is 1.40 bits per heavy atom. The Balaban J connectivity index is 1.63. The minimum atomic E-state index is -3.17. The summed E-state index contributed by atoms with van der Waals surface area (Å²) in [6.07, 6.45) is -2.62. The largest absolute Gasteiger partial charge is 0.414 e. The van der Waals surface area contributed by atoms with Crippen LogP contribution < -0.4 is 11.2 Å². The molecule has 43 heavy (non-hydrogen) atoms. The first kappa shape index (κ1) is 31.7. The number of hydrogen-bond acceptors (Lipinski definition) is 9. The van der Waals surface area contributed by atoms with Gasteiger partial charge in [-0.25, -0.2) is 4.79 Å². The Labute approximate surface area is 252 Å². The second-order valence-electron chi connectivity index (χ2n) is 12.7. The van der Waals surface area contributed by atoms with Crippen molar-refractivity contribution in [2.45, 2.75) is 102 Å². The number of ether oxygens (including phenoxy) is 1. The summed E-state index contributed by atoms with van der Waals surface area (Å²) < 4.78 is 28.9. The van der Waals surface area contributed by atoms with Gasteiger partial charge < -0.3 is 17.7 Å². The standard InChI is InChI=1S/C29H41N3O9Si2/c1-16(2)42(17(3)4)37-15-22-24(40-43(41-42,18(5)6)19(7)8)25(28(38-22)31-14-13-23(33)30-29(31)36)39-32-26(34)20-11-9-10-12-21(20)27(32)35/h9-14,16-19,22,24-25,28H,15H2,1-8H3,(H,30,33,36)/t22-,24-,25-,28-/m1/s1. The second-order valence-corrected chi connectivity index (χ2v) is 21.5. The molecule has 4 heterocycles. The first-order chi connectivity index (χ1) is 20.2. The molecule has 3 aliphatic rings. The van der Waals surface area contributed by atoms with Crippen LogP contribution in [0.5, 0.6) is 0 Å². The molecule has 0 saturated carbocycles. The van der Waals surface area contributed by atoms with Crippen LogP contribution in [-0.4, -0.2) is 68.5 Å². The number of hydroxylamine groups is 2. The van der Waals surface area contributed by atoms with E-state index in [-0.39, 0.29) is 39.9 Å². The van der Waals surface area contributed by atoms with Gasteiger partial charge in [0.15, 0.2) is 12.3 Å². The molecule has 0 spiro atoms. The monoisotopic (exact) mass is 631 g/mol.